The first-order valence-corrected chi connectivity index (χ1v) is 4.53. The molecule has 0 aromatic heterocycles. The molecule has 0 heterocycles. The predicted molar refractivity (Wildman–Crippen MR) is 48.7 cm³/mol. The van der Waals surface area contributed by atoms with E-state index in [1.165, 1.54) is 0 Å². The quantitative estimate of drug-likeness (QED) is 0.632. The van der Waals surface area contributed by atoms with Crippen LogP contribution in [-0.2, 0) is 0 Å². The van der Waals surface area contributed by atoms with Crippen molar-refractivity contribution in [2.45, 2.75) is 26.7 Å². The van der Waals surface area contributed by atoms with Crippen LogP contribution in [0.2, 0.25) is 0 Å². The second-order valence-electron chi connectivity index (χ2n) is 3.14. The van der Waals surface area contributed by atoms with Crippen LogP contribution in [0.3, 0.4) is 0 Å². The van der Waals surface area contributed by atoms with Crippen molar-refractivity contribution in [3.8, 4) is 0 Å². The molecule has 0 aliphatic rings. The molecule has 1 N–H and O–H groups in total. The van der Waals surface area contributed by atoms with E-state index in [-0.39, 0.29) is 0 Å². The topological polar surface area (TPSA) is 23.5 Å². The summed E-state index contributed by atoms with van der Waals surface area (Å²) < 4.78 is 0. The Labute approximate surface area is 70.2 Å². The lowest BCUT2D eigenvalue weighted by Crippen LogP contribution is -2.22. The van der Waals surface area contributed by atoms with Crippen molar-refractivity contribution in [2.24, 2.45) is 5.92 Å². The Hall–Kier alpha value is -0.0800. The SMILES string of the molecule is CCC(CO)CCN(C)CC. The van der Waals surface area contributed by atoms with Gasteiger partial charge in [0, 0.05) is 6.61 Å². The Morgan fingerprint density at radius 3 is 2.36 bits per heavy atom. The van der Waals surface area contributed by atoms with Gasteiger partial charge in [0.2, 0.25) is 0 Å². The predicted octanol–water partition coefficient (Wildman–Crippen LogP) is 1.35. The summed E-state index contributed by atoms with van der Waals surface area (Å²) in [6, 6.07) is 0. The molecule has 0 rings (SSSR count). The Morgan fingerprint density at radius 1 is 1.36 bits per heavy atom. The van der Waals surface area contributed by atoms with Gasteiger partial charge in [-0.15, -0.1) is 0 Å². The smallest absolute Gasteiger partial charge is 0.0459 e. The fourth-order valence-corrected chi connectivity index (χ4v) is 0.986. The van der Waals surface area contributed by atoms with E-state index in [0.717, 1.165) is 25.9 Å². The van der Waals surface area contributed by atoms with Gasteiger partial charge in [-0.25, -0.2) is 0 Å². The minimum absolute atomic E-state index is 0.341. The first-order valence-electron chi connectivity index (χ1n) is 4.53. The van der Waals surface area contributed by atoms with Gasteiger partial charge in [-0.3, -0.25) is 0 Å². The van der Waals surface area contributed by atoms with E-state index in [9.17, 15) is 0 Å². The van der Waals surface area contributed by atoms with Crippen LogP contribution in [0.1, 0.15) is 26.7 Å². The molecule has 0 saturated heterocycles. The van der Waals surface area contributed by atoms with Crippen molar-refractivity contribution in [1.82, 2.24) is 4.90 Å². The van der Waals surface area contributed by atoms with E-state index in [0.29, 0.717) is 12.5 Å². The Balaban J connectivity index is 3.34. The van der Waals surface area contributed by atoms with Gasteiger partial charge in [0.05, 0.1) is 0 Å². The Kier molecular flexibility index (Phi) is 6.57. The van der Waals surface area contributed by atoms with Gasteiger partial charge >= 0.3 is 0 Å². The van der Waals surface area contributed by atoms with Crippen molar-refractivity contribution in [3.63, 3.8) is 0 Å². The van der Waals surface area contributed by atoms with Crippen LogP contribution in [0.15, 0.2) is 0 Å². The third-order valence-corrected chi connectivity index (χ3v) is 2.29. The van der Waals surface area contributed by atoms with Crippen molar-refractivity contribution >= 4 is 0 Å². The monoisotopic (exact) mass is 159 g/mol. The molecule has 0 aromatic carbocycles. The number of nitrogens with zero attached hydrogens (tertiary/aromatic N) is 1. The number of aliphatic hydroxyl groups excluding tert-OH is 1. The van der Waals surface area contributed by atoms with Gasteiger partial charge in [-0.2, -0.15) is 0 Å². The molecule has 0 spiro atoms. The van der Waals surface area contributed by atoms with Crippen LogP contribution in [0.25, 0.3) is 0 Å². The van der Waals surface area contributed by atoms with E-state index in [1.807, 2.05) is 0 Å². The van der Waals surface area contributed by atoms with Crippen molar-refractivity contribution < 1.29 is 5.11 Å². The van der Waals surface area contributed by atoms with E-state index in [1.54, 1.807) is 0 Å². The average molecular weight is 159 g/mol. The zero-order valence-electron chi connectivity index (χ0n) is 8.01. The number of rotatable bonds is 6. The zero-order valence-corrected chi connectivity index (χ0v) is 8.01. The van der Waals surface area contributed by atoms with Gasteiger partial charge in [0.25, 0.3) is 0 Å². The van der Waals surface area contributed by atoms with Gasteiger partial charge in [0.1, 0.15) is 0 Å². The van der Waals surface area contributed by atoms with Crippen molar-refractivity contribution in [3.05, 3.63) is 0 Å². The van der Waals surface area contributed by atoms with Gasteiger partial charge in [-0.05, 0) is 32.5 Å². The lowest BCUT2D eigenvalue weighted by Gasteiger charge is -2.17. The molecule has 2 nitrogen and oxygen atoms in total. The molecule has 68 valence electrons. The summed E-state index contributed by atoms with van der Waals surface area (Å²) in [7, 11) is 2.12. The minimum atomic E-state index is 0.341. The van der Waals surface area contributed by atoms with Crippen LogP contribution in [0, 0.1) is 5.92 Å². The highest BCUT2D eigenvalue weighted by molar-refractivity contribution is 4.57. The van der Waals surface area contributed by atoms with Crippen LogP contribution in [0.5, 0.6) is 0 Å². The summed E-state index contributed by atoms with van der Waals surface area (Å²) in [6.45, 7) is 6.83. The van der Waals surface area contributed by atoms with Crippen LogP contribution in [0.4, 0.5) is 0 Å². The fourth-order valence-electron chi connectivity index (χ4n) is 0.986. The molecule has 0 saturated carbocycles. The second-order valence-corrected chi connectivity index (χ2v) is 3.14. The maximum Gasteiger partial charge on any atom is 0.0459 e. The molecular weight excluding hydrogens is 138 g/mol. The number of aliphatic hydroxyl groups is 1. The molecule has 0 aliphatic carbocycles. The molecule has 1 unspecified atom stereocenters. The van der Waals surface area contributed by atoms with E-state index in [2.05, 4.69) is 25.8 Å². The highest BCUT2D eigenvalue weighted by Crippen LogP contribution is 2.06. The van der Waals surface area contributed by atoms with Gasteiger partial charge in [0.15, 0.2) is 0 Å². The normalized spacial score (nSPS) is 13.9. The molecular formula is C9H21NO. The van der Waals surface area contributed by atoms with Crippen LogP contribution >= 0.6 is 0 Å². The van der Waals surface area contributed by atoms with Gasteiger partial charge in [-0.1, -0.05) is 20.3 Å². The lowest BCUT2D eigenvalue weighted by molar-refractivity contribution is 0.198. The zero-order chi connectivity index (χ0) is 8.69. The first-order chi connectivity index (χ1) is 5.24. The third kappa shape index (κ3) is 5.22. The summed E-state index contributed by atoms with van der Waals surface area (Å²) in [6.07, 6.45) is 2.21. The standard InChI is InChI=1S/C9H21NO/c1-4-9(8-11)6-7-10(3)5-2/h9,11H,4-8H2,1-3H3. The van der Waals surface area contributed by atoms with Gasteiger partial charge < -0.3 is 10.0 Å². The van der Waals surface area contributed by atoms with Crippen molar-refractivity contribution in [2.75, 3.05) is 26.7 Å². The van der Waals surface area contributed by atoms with E-state index < -0.39 is 0 Å². The summed E-state index contributed by atoms with van der Waals surface area (Å²) in [4.78, 5) is 2.28. The second kappa shape index (κ2) is 6.62. The molecule has 11 heavy (non-hydrogen) atoms. The van der Waals surface area contributed by atoms with Crippen molar-refractivity contribution in [1.29, 1.82) is 0 Å². The minimum Gasteiger partial charge on any atom is -0.396 e. The molecule has 0 bridgehead atoms. The molecule has 0 fully saturated rings. The highest BCUT2D eigenvalue weighted by Gasteiger charge is 2.04. The van der Waals surface area contributed by atoms with Crippen LogP contribution in [-0.4, -0.2) is 36.8 Å². The first kappa shape index (κ1) is 10.9. The molecule has 2 heteroatoms. The lowest BCUT2D eigenvalue weighted by atomic mass is 10.0. The van der Waals surface area contributed by atoms with Crippen LogP contribution < -0.4 is 0 Å². The Bertz CT molecular complexity index is 81.6. The number of hydrogen-bond donors (Lipinski definition) is 1. The maximum absolute atomic E-state index is 8.89. The molecule has 0 amide bonds. The van der Waals surface area contributed by atoms with E-state index >= 15 is 0 Å². The molecule has 1 atom stereocenters. The summed E-state index contributed by atoms with van der Waals surface area (Å²) >= 11 is 0. The maximum atomic E-state index is 8.89. The fraction of sp³-hybridized carbons (Fsp3) is 1.00. The summed E-state index contributed by atoms with van der Waals surface area (Å²) in [5, 5.41) is 8.89. The largest absolute Gasteiger partial charge is 0.396 e. The molecule has 0 aromatic rings. The number of hydrogen-bond acceptors (Lipinski definition) is 2. The third-order valence-electron chi connectivity index (χ3n) is 2.29. The molecule has 0 radical (unpaired) electrons. The van der Waals surface area contributed by atoms with E-state index in [4.69, 9.17) is 5.11 Å². The summed E-state index contributed by atoms with van der Waals surface area (Å²) in [5.74, 6) is 0.504. The Morgan fingerprint density at radius 2 is 2.00 bits per heavy atom. The highest BCUT2D eigenvalue weighted by atomic mass is 16.3. The summed E-state index contributed by atoms with van der Waals surface area (Å²) in [5.41, 5.74) is 0. The molecule has 0 aliphatic heterocycles. The average Bonchev–Trinajstić information content (AvgIpc) is 2.06.